The predicted octanol–water partition coefficient (Wildman–Crippen LogP) is 0.492. The fraction of sp³-hybridized carbons (Fsp3) is 0.565. The first kappa shape index (κ1) is 21.2. The van der Waals surface area contributed by atoms with Gasteiger partial charge in [-0.15, -0.1) is 0 Å². The molecule has 4 aliphatic rings. The van der Waals surface area contributed by atoms with Gasteiger partial charge < -0.3 is 35.1 Å². The Labute approximate surface area is 185 Å². The Hall–Kier alpha value is -2.62. The molecule has 4 N–H and O–H groups in total. The number of nitrogens with two attached hydrogens (primary N) is 1. The Morgan fingerprint density at radius 3 is 2.78 bits per heavy atom. The fourth-order valence-electron chi connectivity index (χ4n) is 5.97. The monoisotopic (exact) mass is 444 g/mol. The van der Waals surface area contributed by atoms with Crippen molar-refractivity contribution in [2.24, 2.45) is 5.73 Å². The Morgan fingerprint density at radius 2 is 2.06 bits per heavy atom. The van der Waals surface area contributed by atoms with E-state index in [0.29, 0.717) is 18.6 Å². The summed E-state index contributed by atoms with van der Waals surface area (Å²) in [6.07, 6.45) is 1.24. The van der Waals surface area contributed by atoms with Gasteiger partial charge in [0, 0.05) is 18.0 Å². The van der Waals surface area contributed by atoms with Crippen LogP contribution >= 0.6 is 0 Å². The molecule has 9 heteroatoms. The van der Waals surface area contributed by atoms with Gasteiger partial charge in [-0.3, -0.25) is 4.79 Å². The van der Waals surface area contributed by atoms with E-state index in [1.54, 1.807) is 12.1 Å². The summed E-state index contributed by atoms with van der Waals surface area (Å²) in [5, 5.41) is 22.6. The van der Waals surface area contributed by atoms with E-state index in [9.17, 15) is 19.8 Å². The SMILES string of the molecule is C[C@H](N)C(=O)O[C@@H](C)C(=O)OC1=CC[C@@]2(O)[C@@H]3Cc4ccc(O)c5c4[C@@]2(CCN3C)[C@H]1O5. The van der Waals surface area contributed by atoms with Crippen molar-refractivity contribution in [1.29, 1.82) is 0 Å². The van der Waals surface area contributed by atoms with Crippen LogP contribution in [0.2, 0.25) is 0 Å². The Balaban J connectivity index is 1.53. The summed E-state index contributed by atoms with van der Waals surface area (Å²) in [7, 11) is 2.00. The van der Waals surface area contributed by atoms with Crippen molar-refractivity contribution in [3.63, 3.8) is 0 Å². The number of carbonyl (C=O) groups excluding carboxylic acids is 2. The maximum Gasteiger partial charge on any atom is 0.352 e. The van der Waals surface area contributed by atoms with Crippen molar-refractivity contribution in [1.82, 2.24) is 4.90 Å². The number of esters is 2. The van der Waals surface area contributed by atoms with Crippen LogP contribution in [0.15, 0.2) is 24.0 Å². The Kier molecular flexibility index (Phi) is 4.60. The first-order chi connectivity index (χ1) is 15.1. The normalized spacial score (nSPS) is 34.0. The predicted molar refractivity (Wildman–Crippen MR) is 112 cm³/mol. The number of phenolic OH excluding ortho intramolecular Hbond substituents is 1. The van der Waals surface area contributed by atoms with E-state index in [1.165, 1.54) is 13.8 Å². The lowest BCUT2D eigenvalue weighted by Gasteiger charge is -2.61. The minimum atomic E-state index is -1.16. The highest BCUT2D eigenvalue weighted by Crippen LogP contribution is 2.65. The molecule has 1 aromatic carbocycles. The smallest absolute Gasteiger partial charge is 0.352 e. The number of hydrogen-bond donors (Lipinski definition) is 3. The largest absolute Gasteiger partial charge is 0.504 e. The van der Waals surface area contributed by atoms with Crippen molar-refractivity contribution >= 4 is 11.9 Å². The van der Waals surface area contributed by atoms with E-state index < -0.39 is 41.2 Å². The van der Waals surface area contributed by atoms with Crippen LogP contribution in [0.5, 0.6) is 11.5 Å². The second-order valence-electron chi connectivity index (χ2n) is 9.39. The summed E-state index contributed by atoms with van der Waals surface area (Å²) in [5.74, 6) is -0.859. The molecule has 0 saturated carbocycles. The van der Waals surface area contributed by atoms with E-state index in [4.69, 9.17) is 19.9 Å². The molecule has 1 saturated heterocycles. The van der Waals surface area contributed by atoms with Crippen molar-refractivity contribution in [3.05, 3.63) is 35.1 Å². The van der Waals surface area contributed by atoms with Crippen LogP contribution in [0.3, 0.4) is 0 Å². The number of aliphatic hydroxyl groups is 1. The molecule has 6 atom stereocenters. The van der Waals surface area contributed by atoms with Gasteiger partial charge in [0.1, 0.15) is 11.8 Å². The second kappa shape index (κ2) is 6.94. The van der Waals surface area contributed by atoms with Gasteiger partial charge in [0.2, 0.25) is 0 Å². The summed E-state index contributed by atoms with van der Waals surface area (Å²) in [6.45, 7) is 3.61. The number of carbonyl (C=O) groups is 2. The minimum Gasteiger partial charge on any atom is -0.504 e. The molecule has 0 unspecified atom stereocenters. The highest BCUT2D eigenvalue weighted by Gasteiger charge is 2.72. The van der Waals surface area contributed by atoms with Crippen LogP contribution in [0, 0.1) is 0 Å². The maximum absolute atomic E-state index is 12.7. The van der Waals surface area contributed by atoms with Crippen LogP contribution in [0.4, 0.5) is 0 Å². The molecular formula is C23H28N2O7. The molecule has 9 nitrogen and oxygen atoms in total. The van der Waals surface area contributed by atoms with Crippen molar-refractivity contribution in [2.45, 2.75) is 68.4 Å². The number of piperidine rings is 1. The molecule has 2 aliphatic heterocycles. The summed E-state index contributed by atoms with van der Waals surface area (Å²) < 4.78 is 17.0. The van der Waals surface area contributed by atoms with Crippen molar-refractivity contribution in [2.75, 3.05) is 13.6 Å². The lowest BCUT2D eigenvalue weighted by molar-refractivity contribution is -0.175. The number of hydrogen-bond acceptors (Lipinski definition) is 9. The quantitative estimate of drug-likeness (QED) is 0.568. The first-order valence-electron chi connectivity index (χ1n) is 10.9. The average Bonchev–Trinajstić information content (AvgIpc) is 3.10. The lowest BCUT2D eigenvalue weighted by atomic mass is 9.50. The van der Waals surface area contributed by atoms with E-state index >= 15 is 0 Å². The molecule has 2 aliphatic carbocycles. The number of benzene rings is 1. The van der Waals surface area contributed by atoms with Gasteiger partial charge in [0.15, 0.2) is 23.7 Å². The van der Waals surface area contributed by atoms with Crippen LogP contribution in [-0.4, -0.2) is 70.5 Å². The molecule has 0 radical (unpaired) electrons. The van der Waals surface area contributed by atoms with Gasteiger partial charge in [-0.2, -0.15) is 0 Å². The number of nitrogens with zero attached hydrogens (tertiary/aromatic N) is 1. The van der Waals surface area contributed by atoms with Gasteiger partial charge in [0.25, 0.3) is 0 Å². The summed E-state index contributed by atoms with van der Waals surface area (Å²) in [6, 6.07) is 2.49. The van der Waals surface area contributed by atoms with Crippen LogP contribution in [0.25, 0.3) is 0 Å². The molecule has 32 heavy (non-hydrogen) atoms. The van der Waals surface area contributed by atoms with Crippen molar-refractivity contribution in [3.8, 4) is 11.5 Å². The summed E-state index contributed by atoms with van der Waals surface area (Å²) in [5.41, 5.74) is 5.35. The zero-order valence-electron chi connectivity index (χ0n) is 18.3. The zero-order valence-corrected chi connectivity index (χ0v) is 18.3. The molecule has 1 spiro atoms. The third-order valence-electron chi connectivity index (χ3n) is 7.57. The zero-order chi connectivity index (χ0) is 23.0. The number of phenols is 1. The molecular weight excluding hydrogens is 416 g/mol. The molecule has 0 aromatic heterocycles. The molecule has 2 bridgehead atoms. The molecule has 1 aromatic rings. The molecule has 2 heterocycles. The number of likely N-dealkylation sites (N-methyl/N-ethyl adjacent to an activating group) is 1. The third kappa shape index (κ3) is 2.61. The van der Waals surface area contributed by atoms with Crippen LogP contribution < -0.4 is 10.5 Å². The fourth-order valence-corrected chi connectivity index (χ4v) is 5.97. The second-order valence-corrected chi connectivity index (χ2v) is 9.39. The standard InChI is InChI=1S/C23H28N2O7/c1-11(24)20(27)30-12(2)21(28)31-15-6-7-23(29)16-10-13-4-5-14(26)18-17(13)22(23,19(15)32-18)8-9-25(16)3/h4-6,11-12,16,19,26,29H,7-10,24H2,1-3H3/t11-,12-,16-,19-,22-,23+/m0/s1. The van der Waals surface area contributed by atoms with E-state index in [0.717, 1.165) is 17.7 Å². The average molecular weight is 444 g/mol. The minimum absolute atomic E-state index is 0.00263. The van der Waals surface area contributed by atoms with Gasteiger partial charge in [0.05, 0.1) is 11.0 Å². The summed E-state index contributed by atoms with van der Waals surface area (Å²) >= 11 is 0. The van der Waals surface area contributed by atoms with E-state index in [1.807, 2.05) is 13.1 Å². The highest BCUT2D eigenvalue weighted by atomic mass is 16.6. The lowest BCUT2D eigenvalue weighted by Crippen LogP contribution is -2.74. The van der Waals surface area contributed by atoms with E-state index in [2.05, 4.69) is 4.90 Å². The number of aromatic hydroxyl groups is 1. The molecule has 172 valence electrons. The van der Waals surface area contributed by atoms with Gasteiger partial charge in [-0.25, -0.2) is 4.79 Å². The van der Waals surface area contributed by atoms with Gasteiger partial charge in [-0.1, -0.05) is 6.07 Å². The summed E-state index contributed by atoms with van der Waals surface area (Å²) in [4.78, 5) is 26.6. The van der Waals surface area contributed by atoms with Gasteiger partial charge >= 0.3 is 11.9 Å². The van der Waals surface area contributed by atoms with Crippen LogP contribution in [0.1, 0.15) is 37.8 Å². The van der Waals surface area contributed by atoms with E-state index in [-0.39, 0.29) is 24.0 Å². The topological polar surface area (TPSA) is 132 Å². The molecule has 0 amide bonds. The number of rotatable bonds is 4. The van der Waals surface area contributed by atoms with Crippen molar-refractivity contribution < 1.29 is 34.0 Å². The first-order valence-corrected chi connectivity index (χ1v) is 10.9. The maximum atomic E-state index is 12.7. The number of ether oxygens (including phenoxy) is 3. The molecule has 5 rings (SSSR count). The Bertz CT molecular complexity index is 1040. The third-order valence-corrected chi connectivity index (χ3v) is 7.57. The number of likely N-dealkylation sites (tertiary alicyclic amines) is 1. The molecule has 1 fully saturated rings. The van der Waals surface area contributed by atoms with Gasteiger partial charge in [-0.05, 0) is 58.0 Å². The van der Waals surface area contributed by atoms with Crippen LogP contribution in [-0.2, 0) is 30.9 Å². The highest BCUT2D eigenvalue weighted by molar-refractivity contribution is 5.82. The Morgan fingerprint density at radius 1 is 1.31 bits per heavy atom.